The second-order valence-corrected chi connectivity index (χ2v) is 13.2. The normalized spacial score (nSPS) is 22.2. The Hall–Kier alpha value is -3.50. The summed E-state index contributed by atoms with van der Waals surface area (Å²) in [6.07, 6.45) is 3.73. The number of aryl methyl sites for hydroxylation is 2. The molecule has 1 aromatic heterocycles. The molecule has 1 amide bonds. The van der Waals surface area contributed by atoms with Gasteiger partial charge in [0.2, 0.25) is 11.8 Å². The third-order valence-electron chi connectivity index (χ3n) is 8.54. The van der Waals surface area contributed by atoms with Gasteiger partial charge in [-0.2, -0.15) is 4.98 Å². The van der Waals surface area contributed by atoms with Gasteiger partial charge in [0.05, 0.1) is 17.1 Å². The molecule has 2 aromatic carbocycles. The number of sulfonamides is 1. The Morgan fingerprint density at radius 2 is 1.70 bits per heavy atom. The fraction of sp³-hybridized carbons (Fsp3) is 0.433. The lowest BCUT2D eigenvalue weighted by atomic mass is 9.60. The standard InChI is InChI=1S/C30H35N5O4S/c1-19-6-4-7-20(2)27(19)25-15-26-33-29(32-25)34-40(37,38)24-9-5-8-22(14-24)28(36)35(18-21(3)39-26)23-16-30(17-23)10-12-31-13-11-30/h4-9,14-15,21,23,31H,10-13,16-18H2,1-3H3,(H,32,33,34)/t21-/m1/s1. The fourth-order valence-corrected chi connectivity index (χ4v) is 7.45. The van der Waals surface area contributed by atoms with E-state index in [4.69, 9.17) is 4.74 Å². The first-order chi connectivity index (χ1) is 19.1. The number of piperidine rings is 1. The summed E-state index contributed by atoms with van der Waals surface area (Å²) >= 11 is 0. The SMILES string of the molecule is Cc1cccc(C)c1-c1cc2nc(n1)NS(=O)(=O)c1cccc(c1)C(=O)N(C1CC3(CCNCC3)C1)C[C@@H](C)O2. The molecule has 0 unspecified atom stereocenters. The zero-order valence-corrected chi connectivity index (χ0v) is 23.9. The summed E-state index contributed by atoms with van der Waals surface area (Å²) in [5, 5.41) is 3.43. The summed E-state index contributed by atoms with van der Waals surface area (Å²) in [6, 6.07) is 14.0. The Balaban J connectivity index is 1.41. The van der Waals surface area contributed by atoms with Gasteiger partial charge in [-0.25, -0.2) is 18.1 Å². The van der Waals surface area contributed by atoms with Gasteiger partial charge in [0.25, 0.3) is 15.9 Å². The van der Waals surface area contributed by atoms with Crippen LogP contribution in [0.25, 0.3) is 11.3 Å². The number of hydrogen-bond donors (Lipinski definition) is 2. The first-order valence-electron chi connectivity index (χ1n) is 13.9. The molecule has 1 aliphatic carbocycles. The lowest BCUT2D eigenvalue weighted by Crippen LogP contribution is -2.57. The summed E-state index contributed by atoms with van der Waals surface area (Å²) in [6.45, 7) is 8.27. The highest BCUT2D eigenvalue weighted by Gasteiger charge is 2.48. The quantitative estimate of drug-likeness (QED) is 0.479. The first kappa shape index (κ1) is 26.7. The molecule has 210 valence electrons. The molecule has 40 heavy (non-hydrogen) atoms. The predicted octanol–water partition coefficient (Wildman–Crippen LogP) is 4.32. The number of nitrogens with zero attached hydrogens (tertiary/aromatic N) is 3. The van der Waals surface area contributed by atoms with E-state index in [2.05, 4.69) is 20.0 Å². The minimum absolute atomic E-state index is 0.0161. The number of anilines is 1. The number of nitrogens with one attached hydrogen (secondary N) is 2. The summed E-state index contributed by atoms with van der Waals surface area (Å²) in [4.78, 5) is 24.7. The van der Waals surface area contributed by atoms with Gasteiger partial charge in [-0.15, -0.1) is 0 Å². The van der Waals surface area contributed by atoms with E-state index in [1.165, 1.54) is 12.1 Å². The number of ether oxygens (including phenoxy) is 1. The highest BCUT2D eigenvalue weighted by atomic mass is 32.2. The van der Waals surface area contributed by atoms with Crippen LogP contribution in [0, 0.1) is 19.3 Å². The lowest BCUT2D eigenvalue weighted by Gasteiger charge is -2.54. The second kappa shape index (κ2) is 10.2. The molecule has 3 heterocycles. The van der Waals surface area contributed by atoms with Crippen LogP contribution in [-0.2, 0) is 10.0 Å². The topological polar surface area (TPSA) is 114 Å². The van der Waals surface area contributed by atoms with E-state index >= 15 is 0 Å². The van der Waals surface area contributed by atoms with Crippen molar-refractivity contribution in [1.29, 1.82) is 0 Å². The molecular formula is C30H35N5O4S. The van der Waals surface area contributed by atoms with Gasteiger partial charge >= 0.3 is 0 Å². The van der Waals surface area contributed by atoms with Crippen LogP contribution in [-0.4, -0.2) is 61.0 Å². The molecule has 6 rings (SSSR count). The lowest BCUT2D eigenvalue weighted by molar-refractivity contribution is -0.0226. The van der Waals surface area contributed by atoms with Crippen molar-refractivity contribution in [2.75, 3.05) is 24.4 Å². The molecule has 9 nitrogen and oxygen atoms in total. The Labute approximate surface area is 235 Å². The summed E-state index contributed by atoms with van der Waals surface area (Å²) in [5.74, 6) is -0.0174. The van der Waals surface area contributed by atoms with E-state index in [0.717, 1.165) is 55.5 Å². The van der Waals surface area contributed by atoms with Crippen LogP contribution in [0.15, 0.2) is 53.4 Å². The smallest absolute Gasteiger partial charge is 0.264 e. The molecule has 3 aromatic rings. The van der Waals surface area contributed by atoms with Crippen molar-refractivity contribution >= 4 is 21.9 Å². The van der Waals surface area contributed by atoms with Gasteiger partial charge < -0.3 is 15.0 Å². The van der Waals surface area contributed by atoms with Crippen molar-refractivity contribution in [3.63, 3.8) is 0 Å². The van der Waals surface area contributed by atoms with E-state index in [0.29, 0.717) is 17.8 Å². The van der Waals surface area contributed by atoms with E-state index in [1.54, 1.807) is 18.2 Å². The zero-order valence-electron chi connectivity index (χ0n) is 23.1. The Bertz CT molecular complexity index is 1540. The van der Waals surface area contributed by atoms with Gasteiger partial charge in [-0.05, 0) is 94.3 Å². The van der Waals surface area contributed by atoms with Crippen LogP contribution >= 0.6 is 0 Å². The maximum atomic E-state index is 13.9. The minimum atomic E-state index is -4.07. The Morgan fingerprint density at radius 3 is 2.42 bits per heavy atom. The van der Waals surface area contributed by atoms with Crippen LogP contribution < -0.4 is 14.8 Å². The number of hydrogen-bond acceptors (Lipinski definition) is 7. The van der Waals surface area contributed by atoms with Gasteiger partial charge in [0, 0.05) is 23.2 Å². The van der Waals surface area contributed by atoms with Crippen molar-refractivity contribution in [3.05, 3.63) is 65.2 Å². The van der Waals surface area contributed by atoms with Gasteiger partial charge in [0.1, 0.15) is 6.10 Å². The highest BCUT2D eigenvalue weighted by Crippen LogP contribution is 2.50. The number of fused-ring (bicyclic) bond motifs is 4. The molecule has 1 spiro atoms. The maximum Gasteiger partial charge on any atom is 0.264 e. The number of amides is 1. The van der Waals surface area contributed by atoms with Crippen molar-refractivity contribution < 1.29 is 17.9 Å². The van der Waals surface area contributed by atoms with E-state index in [9.17, 15) is 13.2 Å². The molecular weight excluding hydrogens is 526 g/mol. The van der Waals surface area contributed by atoms with Gasteiger partial charge in [0.15, 0.2) is 0 Å². The number of rotatable bonds is 2. The van der Waals surface area contributed by atoms with Crippen molar-refractivity contribution in [1.82, 2.24) is 20.2 Å². The second-order valence-electron chi connectivity index (χ2n) is 11.5. The predicted molar refractivity (Wildman–Crippen MR) is 153 cm³/mol. The first-order valence-corrected chi connectivity index (χ1v) is 15.4. The monoisotopic (exact) mass is 561 g/mol. The van der Waals surface area contributed by atoms with Crippen LogP contribution in [0.5, 0.6) is 5.88 Å². The van der Waals surface area contributed by atoms with E-state index < -0.39 is 10.0 Å². The molecule has 1 saturated carbocycles. The number of aromatic nitrogens is 2. The van der Waals surface area contributed by atoms with Crippen LogP contribution in [0.4, 0.5) is 5.95 Å². The van der Waals surface area contributed by atoms with Crippen LogP contribution in [0.3, 0.4) is 0 Å². The zero-order chi connectivity index (χ0) is 28.1. The average Bonchev–Trinajstić information content (AvgIpc) is 2.90. The third-order valence-corrected chi connectivity index (χ3v) is 9.86. The average molecular weight is 562 g/mol. The number of carbonyl (C=O) groups excluding carboxylic acids is 1. The molecule has 2 N–H and O–H groups in total. The molecule has 0 radical (unpaired) electrons. The van der Waals surface area contributed by atoms with Crippen LogP contribution in [0.1, 0.15) is 54.1 Å². The number of carbonyl (C=O) groups is 1. The fourth-order valence-electron chi connectivity index (χ4n) is 6.46. The molecule has 1 saturated heterocycles. The summed E-state index contributed by atoms with van der Waals surface area (Å²) < 4.78 is 35.7. The van der Waals surface area contributed by atoms with Gasteiger partial charge in [-0.3, -0.25) is 4.79 Å². The van der Waals surface area contributed by atoms with Crippen molar-refractivity contribution in [2.24, 2.45) is 5.41 Å². The third kappa shape index (κ3) is 5.06. The minimum Gasteiger partial charge on any atom is -0.473 e. The van der Waals surface area contributed by atoms with Gasteiger partial charge in [-0.1, -0.05) is 24.3 Å². The largest absolute Gasteiger partial charge is 0.473 e. The molecule has 10 heteroatoms. The summed E-state index contributed by atoms with van der Waals surface area (Å²) in [7, 11) is -4.07. The van der Waals surface area contributed by atoms with E-state index in [-0.39, 0.29) is 40.2 Å². The molecule has 1 atom stereocenters. The maximum absolute atomic E-state index is 13.9. The molecule has 2 fully saturated rings. The van der Waals surface area contributed by atoms with Crippen LogP contribution in [0.2, 0.25) is 0 Å². The van der Waals surface area contributed by atoms with Crippen molar-refractivity contribution in [2.45, 2.75) is 63.5 Å². The molecule has 2 aliphatic heterocycles. The Morgan fingerprint density at radius 1 is 1.00 bits per heavy atom. The Kier molecular flexibility index (Phi) is 6.78. The summed E-state index contributed by atoms with van der Waals surface area (Å²) in [5.41, 5.74) is 4.08. The number of benzene rings is 2. The molecule has 3 aliphatic rings. The van der Waals surface area contributed by atoms with Crippen molar-refractivity contribution in [3.8, 4) is 17.1 Å². The molecule has 4 bridgehead atoms. The highest BCUT2D eigenvalue weighted by molar-refractivity contribution is 7.92. The van der Waals surface area contributed by atoms with E-state index in [1.807, 2.05) is 43.9 Å².